The van der Waals surface area contributed by atoms with Crippen LogP contribution in [0.1, 0.15) is 24.9 Å². The third kappa shape index (κ3) is 2.10. The molecule has 0 bridgehead atoms. The topological polar surface area (TPSA) is 56.7 Å². The van der Waals surface area contributed by atoms with Crippen molar-refractivity contribution < 1.29 is 4.39 Å². The van der Waals surface area contributed by atoms with Gasteiger partial charge in [-0.15, -0.1) is 11.3 Å². The highest BCUT2D eigenvalue weighted by Crippen LogP contribution is 2.29. The van der Waals surface area contributed by atoms with Crippen LogP contribution in [-0.4, -0.2) is 14.5 Å². The second-order valence-electron chi connectivity index (χ2n) is 4.86. The molecule has 1 aromatic carbocycles. The van der Waals surface area contributed by atoms with E-state index in [4.69, 9.17) is 5.73 Å². The summed E-state index contributed by atoms with van der Waals surface area (Å²) in [6, 6.07) is 4.81. The van der Waals surface area contributed by atoms with Crippen LogP contribution in [0.4, 0.5) is 4.39 Å². The van der Waals surface area contributed by atoms with E-state index in [2.05, 4.69) is 9.97 Å². The lowest BCUT2D eigenvalue weighted by Crippen LogP contribution is -2.03. The summed E-state index contributed by atoms with van der Waals surface area (Å²) in [5.41, 5.74) is 7.96. The maximum absolute atomic E-state index is 13.5. The van der Waals surface area contributed by atoms with Gasteiger partial charge in [-0.3, -0.25) is 0 Å². The first-order chi connectivity index (χ1) is 9.60. The van der Waals surface area contributed by atoms with Crippen LogP contribution in [0.15, 0.2) is 23.6 Å². The van der Waals surface area contributed by atoms with Gasteiger partial charge in [0, 0.05) is 18.0 Å². The smallest absolute Gasteiger partial charge is 0.160 e. The minimum Gasteiger partial charge on any atom is -0.325 e. The number of aromatic nitrogens is 3. The second-order valence-corrected chi connectivity index (χ2v) is 5.81. The van der Waals surface area contributed by atoms with Crippen LogP contribution in [-0.2, 0) is 6.54 Å². The minimum atomic E-state index is -0.258. The molecule has 0 aliphatic rings. The zero-order valence-electron chi connectivity index (χ0n) is 11.3. The predicted molar refractivity (Wildman–Crippen MR) is 79.1 cm³/mol. The van der Waals surface area contributed by atoms with E-state index in [9.17, 15) is 4.39 Å². The molecule has 2 N–H and O–H groups in total. The van der Waals surface area contributed by atoms with Gasteiger partial charge in [0.1, 0.15) is 16.5 Å². The molecule has 104 valence electrons. The second kappa shape index (κ2) is 4.96. The van der Waals surface area contributed by atoms with E-state index in [-0.39, 0.29) is 11.9 Å². The number of hydrogen-bond donors (Lipinski definition) is 1. The molecule has 2 aromatic heterocycles. The van der Waals surface area contributed by atoms with E-state index < -0.39 is 0 Å². The molecular formula is C14H15FN4S. The third-order valence-electron chi connectivity index (χ3n) is 3.12. The van der Waals surface area contributed by atoms with Gasteiger partial charge >= 0.3 is 0 Å². The van der Waals surface area contributed by atoms with Crippen LogP contribution in [0.3, 0.4) is 0 Å². The van der Waals surface area contributed by atoms with Gasteiger partial charge in [-0.25, -0.2) is 14.4 Å². The third-order valence-corrected chi connectivity index (χ3v) is 3.99. The summed E-state index contributed by atoms with van der Waals surface area (Å²) in [4.78, 5) is 9.07. The molecule has 4 nitrogen and oxygen atoms in total. The first-order valence-corrected chi connectivity index (χ1v) is 7.30. The van der Waals surface area contributed by atoms with Crippen molar-refractivity contribution in [1.82, 2.24) is 14.5 Å². The van der Waals surface area contributed by atoms with E-state index in [1.165, 1.54) is 23.5 Å². The van der Waals surface area contributed by atoms with Crippen LogP contribution in [0.5, 0.6) is 0 Å². The summed E-state index contributed by atoms with van der Waals surface area (Å²) in [6.07, 6.45) is 0. The van der Waals surface area contributed by atoms with Gasteiger partial charge in [0.15, 0.2) is 5.82 Å². The number of rotatable bonds is 3. The fraction of sp³-hybridized carbons (Fsp3) is 0.286. The molecule has 20 heavy (non-hydrogen) atoms. The minimum absolute atomic E-state index is 0.167. The van der Waals surface area contributed by atoms with Gasteiger partial charge in [0.2, 0.25) is 0 Å². The highest BCUT2D eigenvalue weighted by atomic mass is 32.1. The molecule has 3 aromatic rings. The molecule has 0 atom stereocenters. The number of thiazole rings is 1. The lowest BCUT2D eigenvalue weighted by atomic mass is 10.3. The molecule has 0 fully saturated rings. The van der Waals surface area contributed by atoms with E-state index in [1.54, 1.807) is 6.07 Å². The van der Waals surface area contributed by atoms with Gasteiger partial charge in [-0.2, -0.15) is 0 Å². The summed E-state index contributed by atoms with van der Waals surface area (Å²) < 4.78 is 15.5. The van der Waals surface area contributed by atoms with E-state index in [1.807, 2.05) is 23.8 Å². The lowest BCUT2D eigenvalue weighted by Gasteiger charge is -2.11. The van der Waals surface area contributed by atoms with Gasteiger partial charge in [-0.05, 0) is 32.0 Å². The summed E-state index contributed by atoms with van der Waals surface area (Å²) >= 11 is 1.51. The molecule has 0 amide bonds. The molecule has 0 saturated heterocycles. The molecule has 0 saturated carbocycles. The zero-order valence-corrected chi connectivity index (χ0v) is 12.1. The maximum atomic E-state index is 13.5. The first-order valence-electron chi connectivity index (χ1n) is 6.42. The Morgan fingerprint density at radius 1 is 1.35 bits per heavy atom. The normalized spacial score (nSPS) is 11.7. The Hall–Kier alpha value is -1.79. The zero-order chi connectivity index (χ0) is 14.3. The van der Waals surface area contributed by atoms with Crippen molar-refractivity contribution in [3.63, 3.8) is 0 Å². The van der Waals surface area contributed by atoms with Crippen molar-refractivity contribution in [2.45, 2.75) is 26.4 Å². The van der Waals surface area contributed by atoms with Gasteiger partial charge in [0.05, 0.1) is 11.0 Å². The largest absolute Gasteiger partial charge is 0.325 e. The highest BCUT2D eigenvalue weighted by molar-refractivity contribution is 7.09. The molecule has 0 aliphatic carbocycles. The standard InChI is InChI=1S/C14H15FN4S/c1-8(2)19-12-5-9(15)3-4-10(12)18-14(19)11-7-20-13(6-16)17-11/h3-5,7-8H,6,16H2,1-2H3. The molecule has 3 rings (SSSR count). The van der Waals surface area contributed by atoms with Crippen molar-refractivity contribution >= 4 is 22.4 Å². The van der Waals surface area contributed by atoms with Gasteiger partial charge < -0.3 is 10.3 Å². The Labute approximate surface area is 120 Å². The van der Waals surface area contributed by atoms with Crippen LogP contribution < -0.4 is 5.73 Å². The first kappa shape index (κ1) is 13.2. The molecule has 0 unspecified atom stereocenters. The number of benzene rings is 1. The Morgan fingerprint density at radius 2 is 2.15 bits per heavy atom. The van der Waals surface area contributed by atoms with Gasteiger partial charge in [-0.1, -0.05) is 0 Å². The summed E-state index contributed by atoms with van der Waals surface area (Å²) in [7, 11) is 0. The number of nitrogens with zero attached hydrogens (tertiary/aromatic N) is 3. The quantitative estimate of drug-likeness (QED) is 0.805. The Bertz CT molecular complexity index is 760. The van der Waals surface area contributed by atoms with Crippen LogP contribution >= 0.6 is 11.3 Å². The van der Waals surface area contributed by atoms with Crippen LogP contribution in [0.25, 0.3) is 22.6 Å². The van der Waals surface area contributed by atoms with E-state index in [0.717, 1.165) is 27.6 Å². The van der Waals surface area contributed by atoms with Crippen molar-refractivity contribution in [2.75, 3.05) is 0 Å². The summed E-state index contributed by atoms with van der Waals surface area (Å²) in [6.45, 7) is 4.51. The SMILES string of the molecule is CC(C)n1c(-c2csc(CN)n2)nc2ccc(F)cc21. The Morgan fingerprint density at radius 3 is 2.80 bits per heavy atom. The number of imidazole rings is 1. The fourth-order valence-corrected chi connectivity index (χ4v) is 2.93. The predicted octanol–water partition coefficient (Wildman–Crippen LogP) is 3.34. The Balaban J connectivity index is 2.26. The molecular weight excluding hydrogens is 275 g/mol. The molecule has 6 heteroatoms. The van der Waals surface area contributed by atoms with Crippen molar-refractivity contribution in [2.24, 2.45) is 5.73 Å². The van der Waals surface area contributed by atoms with Crippen molar-refractivity contribution in [3.8, 4) is 11.5 Å². The van der Waals surface area contributed by atoms with Crippen LogP contribution in [0.2, 0.25) is 0 Å². The van der Waals surface area contributed by atoms with Gasteiger partial charge in [0.25, 0.3) is 0 Å². The average Bonchev–Trinajstić information content (AvgIpc) is 3.01. The number of hydrogen-bond acceptors (Lipinski definition) is 4. The lowest BCUT2D eigenvalue weighted by molar-refractivity contribution is 0.612. The number of nitrogens with two attached hydrogens (primary N) is 1. The van der Waals surface area contributed by atoms with Crippen molar-refractivity contribution in [3.05, 3.63) is 34.4 Å². The monoisotopic (exact) mass is 290 g/mol. The maximum Gasteiger partial charge on any atom is 0.160 e. The molecule has 0 spiro atoms. The van der Waals surface area contributed by atoms with Crippen LogP contribution in [0, 0.1) is 5.82 Å². The number of halogens is 1. The molecule has 2 heterocycles. The van der Waals surface area contributed by atoms with E-state index >= 15 is 0 Å². The average molecular weight is 290 g/mol. The molecule has 0 radical (unpaired) electrons. The van der Waals surface area contributed by atoms with E-state index in [0.29, 0.717) is 6.54 Å². The summed E-state index contributed by atoms with van der Waals surface area (Å²) in [5, 5.41) is 2.81. The number of fused-ring (bicyclic) bond motifs is 1. The summed E-state index contributed by atoms with van der Waals surface area (Å²) in [5.74, 6) is 0.503. The fourth-order valence-electron chi connectivity index (χ4n) is 2.28. The highest BCUT2D eigenvalue weighted by Gasteiger charge is 2.17. The Kier molecular flexibility index (Phi) is 3.27. The molecule has 0 aliphatic heterocycles. The van der Waals surface area contributed by atoms with Crippen molar-refractivity contribution in [1.29, 1.82) is 0 Å².